The standard InChI is InChI=1S/C24H29F3O2/c1-3-29-22-13-11-19(14-21(22)25)17-7-4-16(5-8-17)6-9-18-10-12-20(15(2)28)24(27)23(18)26/h10-17,28H,3-9H2,1-2H3. The average molecular weight is 406 g/mol. The summed E-state index contributed by atoms with van der Waals surface area (Å²) in [6.45, 7) is 3.69. The van der Waals surface area contributed by atoms with Crippen LogP contribution in [0.1, 0.15) is 74.7 Å². The van der Waals surface area contributed by atoms with Gasteiger partial charge in [-0.05, 0) is 87.5 Å². The summed E-state index contributed by atoms with van der Waals surface area (Å²) in [4.78, 5) is 0. The molecule has 0 spiro atoms. The molecular formula is C24H29F3O2. The predicted octanol–water partition coefficient (Wildman–Crippen LogP) is 6.46. The molecule has 1 saturated carbocycles. The first kappa shape index (κ1) is 21.7. The monoisotopic (exact) mass is 406 g/mol. The molecule has 0 amide bonds. The molecule has 1 N–H and O–H groups in total. The molecule has 0 saturated heterocycles. The van der Waals surface area contributed by atoms with Gasteiger partial charge in [-0.25, -0.2) is 13.2 Å². The summed E-state index contributed by atoms with van der Waals surface area (Å²) >= 11 is 0. The Morgan fingerprint density at radius 3 is 2.38 bits per heavy atom. The van der Waals surface area contributed by atoms with Gasteiger partial charge in [0.05, 0.1) is 12.7 Å². The molecule has 2 aromatic carbocycles. The highest BCUT2D eigenvalue weighted by Gasteiger charge is 2.24. The number of benzene rings is 2. The fourth-order valence-corrected chi connectivity index (χ4v) is 4.31. The maximum absolute atomic E-state index is 14.3. The highest BCUT2D eigenvalue weighted by Crippen LogP contribution is 2.38. The maximum atomic E-state index is 14.3. The Morgan fingerprint density at radius 1 is 1.03 bits per heavy atom. The van der Waals surface area contributed by atoms with Crippen molar-refractivity contribution in [1.82, 2.24) is 0 Å². The van der Waals surface area contributed by atoms with Gasteiger partial charge < -0.3 is 9.84 Å². The Hall–Kier alpha value is -2.01. The third-order valence-electron chi connectivity index (χ3n) is 6.04. The van der Waals surface area contributed by atoms with Gasteiger partial charge in [-0.1, -0.05) is 18.2 Å². The second-order valence-electron chi connectivity index (χ2n) is 8.00. The van der Waals surface area contributed by atoms with Gasteiger partial charge in [0.15, 0.2) is 23.2 Å². The van der Waals surface area contributed by atoms with E-state index in [9.17, 15) is 18.3 Å². The predicted molar refractivity (Wildman–Crippen MR) is 108 cm³/mol. The number of aliphatic hydroxyl groups excluding tert-OH is 1. The zero-order chi connectivity index (χ0) is 21.0. The van der Waals surface area contributed by atoms with Crippen LogP contribution in [0.4, 0.5) is 13.2 Å². The molecule has 1 atom stereocenters. The van der Waals surface area contributed by atoms with Crippen LogP contribution in [0.15, 0.2) is 30.3 Å². The zero-order valence-electron chi connectivity index (χ0n) is 17.1. The van der Waals surface area contributed by atoms with Crippen molar-refractivity contribution in [2.75, 3.05) is 6.61 Å². The maximum Gasteiger partial charge on any atom is 0.165 e. The van der Waals surface area contributed by atoms with Crippen molar-refractivity contribution in [2.24, 2.45) is 5.92 Å². The van der Waals surface area contributed by atoms with E-state index in [1.165, 1.54) is 13.0 Å². The molecule has 5 heteroatoms. The summed E-state index contributed by atoms with van der Waals surface area (Å²) in [6.07, 6.45) is 4.18. The smallest absolute Gasteiger partial charge is 0.165 e. The van der Waals surface area contributed by atoms with Gasteiger partial charge in [-0.2, -0.15) is 0 Å². The molecular weight excluding hydrogens is 377 g/mol. The minimum absolute atomic E-state index is 0.00524. The Morgan fingerprint density at radius 2 is 1.76 bits per heavy atom. The van der Waals surface area contributed by atoms with Gasteiger partial charge >= 0.3 is 0 Å². The summed E-state index contributed by atoms with van der Waals surface area (Å²) in [7, 11) is 0. The van der Waals surface area contributed by atoms with Crippen molar-refractivity contribution in [3.8, 4) is 5.75 Å². The SMILES string of the molecule is CCOc1ccc(C2CCC(CCc3ccc(C(C)O)c(F)c3F)CC2)cc1F. The zero-order valence-corrected chi connectivity index (χ0v) is 17.1. The number of halogens is 3. The van der Waals surface area contributed by atoms with E-state index in [2.05, 4.69) is 0 Å². The topological polar surface area (TPSA) is 29.5 Å². The van der Waals surface area contributed by atoms with E-state index in [0.717, 1.165) is 37.7 Å². The Bertz CT molecular complexity index is 827. The summed E-state index contributed by atoms with van der Waals surface area (Å²) in [5, 5.41) is 9.49. The molecule has 158 valence electrons. The first-order valence-electron chi connectivity index (χ1n) is 10.5. The van der Waals surface area contributed by atoms with Crippen LogP contribution in [0, 0.1) is 23.4 Å². The Labute approximate surface area is 170 Å². The largest absolute Gasteiger partial charge is 0.491 e. The second-order valence-corrected chi connectivity index (χ2v) is 8.00. The quantitative estimate of drug-likeness (QED) is 0.572. The second kappa shape index (κ2) is 9.66. The molecule has 1 aliphatic rings. The lowest BCUT2D eigenvalue weighted by Crippen LogP contribution is -2.15. The lowest BCUT2D eigenvalue weighted by Gasteiger charge is -2.29. The molecule has 0 aromatic heterocycles. The lowest BCUT2D eigenvalue weighted by molar-refractivity contribution is 0.192. The van der Waals surface area contributed by atoms with Crippen LogP contribution < -0.4 is 4.74 Å². The van der Waals surface area contributed by atoms with Gasteiger partial charge in [0.25, 0.3) is 0 Å². The molecule has 0 aliphatic heterocycles. The number of hydrogen-bond acceptors (Lipinski definition) is 2. The number of aryl methyl sites for hydroxylation is 1. The summed E-state index contributed by atoms with van der Waals surface area (Å²) < 4.78 is 47.7. The van der Waals surface area contributed by atoms with E-state index in [0.29, 0.717) is 36.2 Å². The summed E-state index contributed by atoms with van der Waals surface area (Å²) in [6, 6.07) is 8.28. The number of hydrogen-bond donors (Lipinski definition) is 1. The lowest BCUT2D eigenvalue weighted by atomic mass is 9.77. The molecule has 2 nitrogen and oxygen atoms in total. The van der Waals surface area contributed by atoms with Crippen molar-refractivity contribution in [3.05, 3.63) is 64.5 Å². The molecule has 2 aromatic rings. The number of rotatable bonds is 7. The summed E-state index contributed by atoms with van der Waals surface area (Å²) in [5.41, 5.74) is 1.36. The van der Waals surface area contributed by atoms with E-state index in [-0.39, 0.29) is 11.4 Å². The van der Waals surface area contributed by atoms with Crippen LogP contribution in [-0.2, 0) is 6.42 Å². The van der Waals surface area contributed by atoms with Gasteiger partial charge in [0, 0.05) is 5.56 Å². The van der Waals surface area contributed by atoms with E-state index >= 15 is 0 Å². The van der Waals surface area contributed by atoms with Crippen LogP contribution in [0.2, 0.25) is 0 Å². The van der Waals surface area contributed by atoms with Crippen LogP contribution >= 0.6 is 0 Å². The normalized spacial score (nSPS) is 20.5. The molecule has 1 fully saturated rings. The Kier molecular flexibility index (Phi) is 7.23. The van der Waals surface area contributed by atoms with E-state index < -0.39 is 17.7 Å². The molecule has 3 rings (SSSR count). The third kappa shape index (κ3) is 5.13. The van der Waals surface area contributed by atoms with Crippen molar-refractivity contribution >= 4 is 0 Å². The van der Waals surface area contributed by atoms with Crippen molar-refractivity contribution < 1.29 is 23.0 Å². The minimum Gasteiger partial charge on any atom is -0.491 e. The molecule has 1 aliphatic carbocycles. The Balaban J connectivity index is 1.54. The van der Waals surface area contributed by atoms with Crippen LogP contribution in [0.25, 0.3) is 0 Å². The average Bonchev–Trinajstić information content (AvgIpc) is 2.71. The minimum atomic E-state index is -1.03. The van der Waals surface area contributed by atoms with Crippen LogP contribution in [-0.4, -0.2) is 11.7 Å². The van der Waals surface area contributed by atoms with Crippen molar-refractivity contribution in [3.63, 3.8) is 0 Å². The molecule has 0 radical (unpaired) electrons. The molecule has 29 heavy (non-hydrogen) atoms. The third-order valence-corrected chi connectivity index (χ3v) is 6.04. The molecule has 0 bridgehead atoms. The number of aliphatic hydroxyl groups is 1. The highest BCUT2D eigenvalue weighted by molar-refractivity contribution is 5.32. The molecule has 0 heterocycles. The van der Waals surface area contributed by atoms with Crippen molar-refractivity contribution in [1.29, 1.82) is 0 Å². The van der Waals surface area contributed by atoms with Gasteiger partial charge in [-0.15, -0.1) is 0 Å². The first-order chi connectivity index (χ1) is 13.9. The fourth-order valence-electron chi connectivity index (χ4n) is 4.31. The van der Waals surface area contributed by atoms with Crippen molar-refractivity contribution in [2.45, 2.75) is 64.4 Å². The van der Waals surface area contributed by atoms with Crippen LogP contribution in [0.3, 0.4) is 0 Å². The van der Waals surface area contributed by atoms with Gasteiger partial charge in [0.1, 0.15) is 0 Å². The number of ether oxygens (including phenoxy) is 1. The highest BCUT2D eigenvalue weighted by atomic mass is 19.2. The van der Waals surface area contributed by atoms with Crippen LogP contribution in [0.5, 0.6) is 5.75 Å². The van der Waals surface area contributed by atoms with Gasteiger partial charge in [-0.3, -0.25) is 0 Å². The first-order valence-corrected chi connectivity index (χ1v) is 10.5. The van der Waals surface area contributed by atoms with Gasteiger partial charge in [0.2, 0.25) is 0 Å². The van der Waals surface area contributed by atoms with E-state index in [4.69, 9.17) is 4.74 Å². The summed E-state index contributed by atoms with van der Waals surface area (Å²) in [5.74, 6) is -1.03. The fraction of sp³-hybridized carbons (Fsp3) is 0.500. The molecule has 1 unspecified atom stereocenters. The van der Waals surface area contributed by atoms with E-state index in [1.54, 1.807) is 18.2 Å². The van der Waals surface area contributed by atoms with E-state index in [1.807, 2.05) is 13.0 Å².